The molecule has 0 aliphatic carbocycles. The molecule has 0 amide bonds. The maximum absolute atomic E-state index is 10.1. The third-order valence-electron chi connectivity index (χ3n) is 7.22. The molecule has 1 aromatic heterocycles. The molecule has 0 bridgehead atoms. The van der Waals surface area contributed by atoms with Gasteiger partial charge in [-0.05, 0) is 46.0 Å². The largest absolute Gasteiger partial charge is 0.354 e. The Kier molecular flexibility index (Phi) is 6.52. The smallest absolute Gasteiger partial charge is 0.133 e. The van der Waals surface area contributed by atoms with Crippen molar-refractivity contribution in [2.45, 2.75) is 10.8 Å². The van der Waals surface area contributed by atoms with E-state index in [1.807, 2.05) is 60.7 Å². The maximum atomic E-state index is 10.1. The van der Waals surface area contributed by atoms with Gasteiger partial charge >= 0.3 is 0 Å². The highest BCUT2D eigenvalue weighted by Crippen LogP contribution is 2.53. The van der Waals surface area contributed by atoms with Gasteiger partial charge in [0.1, 0.15) is 17.7 Å². The second kappa shape index (κ2) is 10.3. The third-order valence-corrected chi connectivity index (χ3v) is 8.76. The number of halogens is 1. The van der Waals surface area contributed by atoms with Gasteiger partial charge < -0.3 is 4.98 Å². The molecule has 6 rings (SSSR count). The van der Waals surface area contributed by atoms with Crippen molar-refractivity contribution in [1.29, 1.82) is 10.5 Å². The van der Waals surface area contributed by atoms with Crippen LogP contribution in [0.5, 0.6) is 0 Å². The van der Waals surface area contributed by atoms with Crippen LogP contribution in [0.15, 0.2) is 114 Å². The second-order valence-electron chi connectivity index (χ2n) is 9.25. The topological polar surface area (TPSA) is 63.4 Å². The number of H-pyrrole nitrogens is 1. The van der Waals surface area contributed by atoms with E-state index in [1.165, 1.54) is 0 Å². The molecule has 0 saturated carbocycles. The van der Waals surface area contributed by atoms with E-state index in [9.17, 15) is 10.5 Å². The Morgan fingerprint density at radius 2 is 1.53 bits per heavy atom. The van der Waals surface area contributed by atoms with Crippen LogP contribution in [0.1, 0.15) is 22.6 Å². The summed E-state index contributed by atoms with van der Waals surface area (Å²) in [7, 11) is 0. The predicted molar refractivity (Wildman–Crippen MR) is 156 cm³/mol. The zero-order chi connectivity index (χ0) is 26.1. The van der Waals surface area contributed by atoms with Crippen LogP contribution in [0.3, 0.4) is 0 Å². The number of nitrogens with one attached hydrogen (secondary N) is 1. The molecule has 2 heterocycles. The summed E-state index contributed by atoms with van der Waals surface area (Å²) < 4.78 is 0. The average Bonchev–Trinajstić information content (AvgIpc) is 3.35. The molecule has 1 aliphatic rings. The van der Waals surface area contributed by atoms with Crippen LogP contribution in [0, 0.1) is 28.6 Å². The van der Waals surface area contributed by atoms with Crippen molar-refractivity contribution in [3.63, 3.8) is 0 Å². The van der Waals surface area contributed by atoms with Gasteiger partial charge in [-0.3, -0.25) is 0 Å². The standard InChI is InChI=1S/C33H22ClN3S/c34-27-15-7-4-12-23(27)31(26-20-38-29-17-9-6-14-25(29)30(26)22(18-35)19-36)32-24-13-5-8-16-28(24)37-33(32)21-10-2-1-3-11-21/h1-17,26,31,37H,20H2/t26-,31+/m0/s1. The van der Waals surface area contributed by atoms with Gasteiger partial charge in [-0.15, -0.1) is 11.8 Å². The van der Waals surface area contributed by atoms with E-state index in [1.54, 1.807) is 11.8 Å². The number of aromatic amines is 1. The fourth-order valence-electron chi connectivity index (χ4n) is 5.63. The lowest BCUT2D eigenvalue weighted by molar-refractivity contribution is 0.649. The lowest BCUT2D eigenvalue weighted by Crippen LogP contribution is -2.23. The molecule has 1 aliphatic heterocycles. The Hall–Kier alpha value is -4.22. The fourth-order valence-corrected chi connectivity index (χ4v) is 7.11. The van der Waals surface area contributed by atoms with E-state index in [4.69, 9.17) is 11.6 Å². The van der Waals surface area contributed by atoms with Crippen molar-refractivity contribution in [1.82, 2.24) is 4.98 Å². The van der Waals surface area contributed by atoms with Crippen LogP contribution in [-0.4, -0.2) is 10.7 Å². The Bertz CT molecular complexity index is 1760. The number of allylic oxidation sites excluding steroid dienone is 2. The lowest BCUT2D eigenvalue weighted by Gasteiger charge is -2.35. The minimum absolute atomic E-state index is 0.154. The van der Waals surface area contributed by atoms with Gasteiger partial charge in [-0.2, -0.15) is 10.5 Å². The maximum Gasteiger partial charge on any atom is 0.133 e. The second-order valence-corrected chi connectivity index (χ2v) is 10.7. The van der Waals surface area contributed by atoms with Gasteiger partial charge in [-0.1, -0.05) is 96.5 Å². The molecule has 2 atom stereocenters. The molecule has 4 aromatic carbocycles. The highest BCUT2D eigenvalue weighted by Gasteiger charge is 2.38. The summed E-state index contributed by atoms with van der Waals surface area (Å²) in [4.78, 5) is 4.77. The van der Waals surface area contributed by atoms with E-state index in [-0.39, 0.29) is 17.4 Å². The van der Waals surface area contributed by atoms with Crippen LogP contribution in [0.2, 0.25) is 5.02 Å². The molecule has 0 spiro atoms. The molecule has 38 heavy (non-hydrogen) atoms. The van der Waals surface area contributed by atoms with E-state index in [0.29, 0.717) is 10.8 Å². The molecule has 0 unspecified atom stereocenters. The predicted octanol–water partition coefficient (Wildman–Crippen LogP) is 8.84. The molecule has 3 nitrogen and oxygen atoms in total. The molecule has 0 fully saturated rings. The van der Waals surface area contributed by atoms with Crippen molar-refractivity contribution < 1.29 is 0 Å². The normalized spacial score (nSPS) is 15.3. The summed E-state index contributed by atoms with van der Waals surface area (Å²) in [5.41, 5.74) is 7.13. The van der Waals surface area contributed by atoms with Gasteiger partial charge in [0.05, 0.1) is 5.69 Å². The average molecular weight is 528 g/mol. The van der Waals surface area contributed by atoms with Gasteiger partial charge in [0.25, 0.3) is 0 Å². The van der Waals surface area contributed by atoms with Crippen molar-refractivity contribution in [3.8, 4) is 23.4 Å². The van der Waals surface area contributed by atoms with Crippen molar-refractivity contribution >= 4 is 39.8 Å². The van der Waals surface area contributed by atoms with Crippen LogP contribution in [0.25, 0.3) is 27.7 Å². The SMILES string of the molecule is N#CC(C#N)=C1c2ccccc2SC[C@@H]1[C@@H](c1ccccc1Cl)c1c(-c2ccccc2)[nH]c2ccccc12. The zero-order valence-electron chi connectivity index (χ0n) is 20.4. The van der Waals surface area contributed by atoms with Crippen LogP contribution < -0.4 is 0 Å². The number of benzene rings is 4. The summed E-state index contributed by atoms with van der Waals surface area (Å²) in [6.07, 6.45) is 0. The molecular formula is C33H22ClN3S. The van der Waals surface area contributed by atoms with E-state index in [0.717, 1.165) is 49.3 Å². The van der Waals surface area contributed by atoms with E-state index in [2.05, 4.69) is 59.6 Å². The Morgan fingerprint density at radius 1 is 0.842 bits per heavy atom. The first-order valence-electron chi connectivity index (χ1n) is 12.4. The van der Waals surface area contributed by atoms with Crippen LogP contribution in [-0.2, 0) is 0 Å². The summed E-state index contributed by atoms with van der Waals surface area (Å²) in [6, 6.07) is 39.0. The lowest BCUT2D eigenvalue weighted by atomic mass is 9.73. The Labute approximate surface area is 231 Å². The van der Waals surface area contributed by atoms with Crippen molar-refractivity contribution in [2.24, 2.45) is 5.92 Å². The molecule has 0 radical (unpaired) electrons. The monoisotopic (exact) mass is 527 g/mol. The number of nitrogens with zero attached hydrogens (tertiary/aromatic N) is 2. The van der Waals surface area contributed by atoms with E-state index >= 15 is 0 Å². The summed E-state index contributed by atoms with van der Waals surface area (Å²) in [5.74, 6) is 0.344. The summed E-state index contributed by atoms with van der Waals surface area (Å²) in [6.45, 7) is 0. The van der Waals surface area contributed by atoms with Gasteiger partial charge in [0.2, 0.25) is 0 Å². The number of thioether (sulfide) groups is 1. The quantitative estimate of drug-likeness (QED) is 0.237. The number of para-hydroxylation sites is 1. The summed E-state index contributed by atoms with van der Waals surface area (Å²) >= 11 is 8.70. The summed E-state index contributed by atoms with van der Waals surface area (Å²) in [5, 5.41) is 22.0. The first kappa shape index (κ1) is 24.1. The van der Waals surface area contributed by atoms with Crippen molar-refractivity contribution in [3.05, 3.63) is 130 Å². The van der Waals surface area contributed by atoms with Crippen LogP contribution >= 0.6 is 23.4 Å². The Balaban J connectivity index is 1.71. The molecule has 5 heteroatoms. The number of rotatable bonds is 4. The Morgan fingerprint density at radius 3 is 2.32 bits per heavy atom. The molecular weight excluding hydrogens is 506 g/mol. The first-order chi connectivity index (χ1) is 18.7. The minimum atomic E-state index is -0.206. The molecule has 1 N–H and O–H groups in total. The van der Waals surface area contributed by atoms with Crippen molar-refractivity contribution in [2.75, 3.05) is 5.75 Å². The highest BCUT2D eigenvalue weighted by atomic mass is 35.5. The number of aromatic nitrogens is 1. The number of hydrogen-bond acceptors (Lipinski definition) is 3. The number of nitriles is 2. The van der Waals surface area contributed by atoms with E-state index < -0.39 is 0 Å². The highest BCUT2D eigenvalue weighted by molar-refractivity contribution is 7.99. The number of fused-ring (bicyclic) bond motifs is 2. The van der Waals surface area contributed by atoms with Gasteiger partial charge in [0, 0.05) is 38.4 Å². The molecule has 5 aromatic rings. The van der Waals surface area contributed by atoms with Crippen LogP contribution in [0.4, 0.5) is 0 Å². The molecule has 182 valence electrons. The third kappa shape index (κ3) is 4.09. The van der Waals surface area contributed by atoms with Gasteiger partial charge in [0.15, 0.2) is 0 Å². The first-order valence-corrected chi connectivity index (χ1v) is 13.7. The van der Waals surface area contributed by atoms with Gasteiger partial charge in [-0.25, -0.2) is 0 Å². The zero-order valence-corrected chi connectivity index (χ0v) is 21.9. The fraction of sp³-hybridized carbons (Fsp3) is 0.0909. The molecule has 0 saturated heterocycles. The number of hydrogen-bond donors (Lipinski definition) is 1. The minimum Gasteiger partial charge on any atom is -0.354 e.